The summed E-state index contributed by atoms with van der Waals surface area (Å²) in [5, 5.41) is 0. The maximum Gasteiger partial charge on any atom is 0.172 e. The van der Waals surface area contributed by atoms with Gasteiger partial charge in [0.15, 0.2) is 5.78 Å². The molecule has 0 radical (unpaired) electrons. The number of carbonyl (C=O) groups is 1. The molecular weight excluding hydrogens is 188 g/mol. The zero-order valence-electron chi connectivity index (χ0n) is 8.88. The Kier molecular flexibility index (Phi) is 1.84. The Bertz CT molecular complexity index is 434. The first kappa shape index (κ1) is 8.96. The first-order chi connectivity index (χ1) is 7.25. The topological polar surface area (TPSA) is 26.3 Å². The molecule has 0 amide bonds. The molecule has 1 atom stereocenters. The molecule has 1 aliphatic carbocycles. The normalized spacial score (nSPS) is 23.3. The first-order valence-electron chi connectivity index (χ1n) is 5.58. The smallest absolute Gasteiger partial charge is 0.172 e. The van der Waals surface area contributed by atoms with Gasteiger partial charge < -0.3 is 4.74 Å². The van der Waals surface area contributed by atoms with Crippen LogP contribution in [0.2, 0.25) is 0 Å². The Morgan fingerprint density at radius 3 is 2.80 bits per heavy atom. The molecule has 0 saturated carbocycles. The number of hydrogen-bond acceptors (Lipinski definition) is 2. The molecule has 3 rings (SSSR count). The van der Waals surface area contributed by atoms with Crippen LogP contribution < -0.4 is 4.74 Å². The molecular formula is C13H14O2. The summed E-state index contributed by atoms with van der Waals surface area (Å²) in [6, 6.07) is 4.12. The van der Waals surface area contributed by atoms with Crippen molar-refractivity contribution >= 4 is 5.78 Å². The molecule has 0 aromatic heterocycles. The first-order valence-corrected chi connectivity index (χ1v) is 5.58. The molecule has 0 bridgehead atoms. The monoisotopic (exact) mass is 202 g/mol. The van der Waals surface area contributed by atoms with Crippen LogP contribution in [-0.2, 0) is 12.8 Å². The number of aryl methyl sites for hydroxylation is 2. The summed E-state index contributed by atoms with van der Waals surface area (Å²) in [6.07, 6.45) is 3.46. The Morgan fingerprint density at radius 1 is 1.27 bits per heavy atom. The Balaban J connectivity index is 2.14. The quantitative estimate of drug-likeness (QED) is 0.645. The van der Waals surface area contributed by atoms with E-state index < -0.39 is 0 Å². The number of hydrogen-bond donors (Lipinski definition) is 0. The van der Waals surface area contributed by atoms with Gasteiger partial charge in [-0.3, -0.25) is 4.79 Å². The van der Waals surface area contributed by atoms with Crippen molar-refractivity contribution in [2.75, 3.05) is 6.61 Å². The summed E-state index contributed by atoms with van der Waals surface area (Å²) >= 11 is 0. The second-order valence-electron chi connectivity index (χ2n) is 4.55. The standard InChI is InChI=1S/C13H14O2/c1-8-7-15-12-6-10-4-2-3-9(10)5-11(12)13(8)14/h5-6,8H,2-4,7H2,1H3. The molecule has 1 aromatic carbocycles. The van der Waals surface area contributed by atoms with Gasteiger partial charge in [-0.05, 0) is 42.5 Å². The molecule has 78 valence electrons. The van der Waals surface area contributed by atoms with Gasteiger partial charge in [0.2, 0.25) is 0 Å². The molecule has 2 aliphatic rings. The Morgan fingerprint density at radius 2 is 2.00 bits per heavy atom. The van der Waals surface area contributed by atoms with Gasteiger partial charge in [-0.15, -0.1) is 0 Å². The van der Waals surface area contributed by atoms with E-state index in [0.29, 0.717) is 6.61 Å². The van der Waals surface area contributed by atoms with Crippen LogP contribution in [0.25, 0.3) is 0 Å². The van der Waals surface area contributed by atoms with Gasteiger partial charge in [0, 0.05) is 0 Å². The predicted octanol–water partition coefficient (Wildman–Crippen LogP) is 2.39. The summed E-state index contributed by atoms with van der Waals surface area (Å²) in [5.74, 6) is 1.06. The van der Waals surface area contributed by atoms with E-state index in [1.807, 2.05) is 6.92 Å². The van der Waals surface area contributed by atoms with E-state index in [2.05, 4.69) is 12.1 Å². The number of carbonyl (C=O) groups excluding carboxylic acids is 1. The van der Waals surface area contributed by atoms with E-state index in [1.54, 1.807) is 0 Å². The number of rotatable bonds is 0. The van der Waals surface area contributed by atoms with Gasteiger partial charge in [-0.2, -0.15) is 0 Å². The van der Waals surface area contributed by atoms with Gasteiger partial charge in [-0.25, -0.2) is 0 Å². The molecule has 1 heterocycles. The van der Waals surface area contributed by atoms with Crippen molar-refractivity contribution in [3.8, 4) is 5.75 Å². The van der Waals surface area contributed by atoms with Crippen LogP contribution in [-0.4, -0.2) is 12.4 Å². The summed E-state index contributed by atoms with van der Waals surface area (Å²) in [4.78, 5) is 11.9. The lowest BCUT2D eigenvalue weighted by Gasteiger charge is -2.22. The van der Waals surface area contributed by atoms with Crippen molar-refractivity contribution in [2.45, 2.75) is 26.2 Å². The highest BCUT2D eigenvalue weighted by molar-refractivity contribution is 6.01. The van der Waals surface area contributed by atoms with Crippen molar-refractivity contribution in [3.05, 3.63) is 28.8 Å². The largest absolute Gasteiger partial charge is 0.492 e. The highest BCUT2D eigenvalue weighted by Gasteiger charge is 2.27. The highest BCUT2D eigenvalue weighted by Crippen LogP contribution is 2.33. The molecule has 0 spiro atoms. The lowest BCUT2D eigenvalue weighted by Crippen LogP contribution is -2.25. The minimum atomic E-state index is 0.0111. The van der Waals surface area contributed by atoms with Crippen LogP contribution in [0.4, 0.5) is 0 Å². The fraction of sp³-hybridized carbons (Fsp3) is 0.462. The van der Waals surface area contributed by atoms with Gasteiger partial charge in [0.25, 0.3) is 0 Å². The van der Waals surface area contributed by atoms with Gasteiger partial charge >= 0.3 is 0 Å². The Labute approximate surface area is 89.2 Å². The average molecular weight is 202 g/mol. The van der Waals surface area contributed by atoms with E-state index in [1.165, 1.54) is 17.5 Å². The molecule has 0 N–H and O–H groups in total. The van der Waals surface area contributed by atoms with Crippen LogP contribution in [0.5, 0.6) is 5.75 Å². The number of ether oxygens (including phenoxy) is 1. The number of ketones is 1. The number of Topliss-reactive ketones (excluding diaryl/α,β-unsaturated/α-hetero) is 1. The van der Waals surface area contributed by atoms with Crippen LogP contribution in [0.1, 0.15) is 34.8 Å². The third kappa shape index (κ3) is 1.28. The van der Waals surface area contributed by atoms with Crippen molar-refractivity contribution in [1.82, 2.24) is 0 Å². The molecule has 0 fully saturated rings. The average Bonchev–Trinajstić information content (AvgIpc) is 2.68. The molecule has 0 saturated heterocycles. The summed E-state index contributed by atoms with van der Waals surface area (Å²) in [6.45, 7) is 2.46. The third-order valence-corrected chi connectivity index (χ3v) is 3.40. The van der Waals surface area contributed by atoms with E-state index in [4.69, 9.17) is 4.74 Å². The summed E-state index contributed by atoms with van der Waals surface area (Å²) in [5.41, 5.74) is 3.52. The Hall–Kier alpha value is -1.31. The van der Waals surface area contributed by atoms with Crippen molar-refractivity contribution in [1.29, 1.82) is 0 Å². The molecule has 1 aliphatic heterocycles. The van der Waals surface area contributed by atoms with E-state index in [-0.39, 0.29) is 11.7 Å². The van der Waals surface area contributed by atoms with E-state index in [0.717, 1.165) is 24.2 Å². The number of benzene rings is 1. The highest BCUT2D eigenvalue weighted by atomic mass is 16.5. The van der Waals surface area contributed by atoms with Gasteiger partial charge in [-0.1, -0.05) is 6.92 Å². The molecule has 15 heavy (non-hydrogen) atoms. The lowest BCUT2D eigenvalue weighted by molar-refractivity contribution is 0.0848. The van der Waals surface area contributed by atoms with Gasteiger partial charge in [0.1, 0.15) is 5.75 Å². The van der Waals surface area contributed by atoms with Gasteiger partial charge in [0.05, 0.1) is 18.1 Å². The minimum absolute atomic E-state index is 0.0111. The zero-order chi connectivity index (χ0) is 10.4. The van der Waals surface area contributed by atoms with E-state index >= 15 is 0 Å². The zero-order valence-corrected chi connectivity index (χ0v) is 8.88. The number of fused-ring (bicyclic) bond motifs is 2. The van der Waals surface area contributed by atoms with Crippen LogP contribution >= 0.6 is 0 Å². The fourth-order valence-electron chi connectivity index (χ4n) is 2.47. The van der Waals surface area contributed by atoms with Crippen LogP contribution in [0.15, 0.2) is 12.1 Å². The third-order valence-electron chi connectivity index (χ3n) is 3.40. The lowest BCUT2D eigenvalue weighted by atomic mass is 9.94. The maximum absolute atomic E-state index is 11.9. The molecule has 2 heteroatoms. The minimum Gasteiger partial charge on any atom is -0.492 e. The van der Waals surface area contributed by atoms with Crippen molar-refractivity contribution in [3.63, 3.8) is 0 Å². The van der Waals surface area contributed by atoms with Crippen LogP contribution in [0.3, 0.4) is 0 Å². The van der Waals surface area contributed by atoms with Crippen molar-refractivity contribution < 1.29 is 9.53 Å². The second-order valence-corrected chi connectivity index (χ2v) is 4.55. The maximum atomic E-state index is 11.9. The van der Waals surface area contributed by atoms with E-state index in [9.17, 15) is 4.79 Å². The molecule has 1 aromatic rings. The van der Waals surface area contributed by atoms with Crippen LogP contribution in [0, 0.1) is 5.92 Å². The summed E-state index contributed by atoms with van der Waals surface area (Å²) < 4.78 is 5.61. The predicted molar refractivity (Wildman–Crippen MR) is 57.5 cm³/mol. The molecule has 1 unspecified atom stereocenters. The molecule has 2 nitrogen and oxygen atoms in total. The fourth-order valence-corrected chi connectivity index (χ4v) is 2.47. The van der Waals surface area contributed by atoms with Crippen molar-refractivity contribution in [2.24, 2.45) is 5.92 Å². The summed E-state index contributed by atoms with van der Waals surface area (Å²) in [7, 11) is 0. The second kappa shape index (κ2) is 3.09. The SMILES string of the molecule is CC1COc2cc3c(cc2C1=O)CCC3.